The number of hydrogen-bond acceptors (Lipinski definition) is 6. The number of hydrogen-bond donors (Lipinski definition) is 0. The van der Waals surface area contributed by atoms with Crippen LogP contribution < -0.4 is 4.90 Å². The van der Waals surface area contributed by atoms with E-state index in [0.717, 1.165) is 63.0 Å². The zero-order valence-electron chi connectivity index (χ0n) is 19.0. The topological polar surface area (TPSA) is 41.5 Å². The molecule has 4 aromatic rings. The van der Waals surface area contributed by atoms with Gasteiger partial charge in [-0.2, -0.15) is 0 Å². The van der Waals surface area contributed by atoms with Crippen molar-refractivity contribution in [3.63, 3.8) is 0 Å². The third kappa shape index (κ3) is 4.23. The minimum Gasteiger partial charge on any atom is -0.379 e. The fourth-order valence-electron chi connectivity index (χ4n) is 5.30. The summed E-state index contributed by atoms with van der Waals surface area (Å²) in [5.41, 5.74) is 2.86. The van der Waals surface area contributed by atoms with Crippen LogP contribution in [0.15, 0.2) is 48.8 Å². The third-order valence-electron chi connectivity index (χ3n) is 7.06. The van der Waals surface area contributed by atoms with Gasteiger partial charge in [0.25, 0.3) is 0 Å². The molecule has 5 nitrogen and oxygen atoms in total. The van der Waals surface area contributed by atoms with Crippen molar-refractivity contribution in [3.05, 3.63) is 64.8 Å². The van der Waals surface area contributed by atoms with Gasteiger partial charge in [-0.1, -0.05) is 42.5 Å². The highest BCUT2D eigenvalue weighted by molar-refractivity contribution is 7.19. The van der Waals surface area contributed by atoms with Gasteiger partial charge >= 0.3 is 0 Å². The molecule has 0 bridgehead atoms. The van der Waals surface area contributed by atoms with Crippen LogP contribution >= 0.6 is 11.3 Å². The molecule has 2 aromatic carbocycles. The first-order valence-corrected chi connectivity index (χ1v) is 13.0. The van der Waals surface area contributed by atoms with Crippen LogP contribution in [0.2, 0.25) is 0 Å². The molecule has 0 atom stereocenters. The van der Waals surface area contributed by atoms with E-state index >= 15 is 0 Å². The van der Waals surface area contributed by atoms with Crippen molar-refractivity contribution in [3.8, 4) is 0 Å². The summed E-state index contributed by atoms with van der Waals surface area (Å²) >= 11 is 1.88. The number of rotatable bonds is 6. The summed E-state index contributed by atoms with van der Waals surface area (Å²) in [6, 6.07) is 15.4. The van der Waals surface area contributed by atoms with Gasteiger partial charge in [0.15, 0.2) is 0 Å². The second-order valence-corrected chi connectivity index (χ2v) is 10.2. The number of anilines is 1. The molecule has 1 aliphatic heterocycles. The van der Waals surface area contributed by atoms with Crippen molar-refractivity contribution in [2.45, 2.75) is 32.2 Å². The highest BCUT2D eigenvalue weighted by atomic mass is 32.1. The maximum absolute atomic E-state index is 5.57. The van der Waals surface area contributed by atoms with E-state index in [1.807, 2.05) is 11.3 Å². The lowest BCUT2D eigenvalue weighted by Gasteiger charge is -2.31. The van der Waals surface area contributed by atoms with Crippen LogP contribution in [0.4, 0.5) is 5.82 Å². The van der Waals surface area contributed by atoms with Gasteiger partial charge in [0.2, 0.25) is 0 Å². The molecule has 0 saturated carbocycles. The zero-order valence-corrected chi connectivity index (χ0v) is 19.8. The third-order valence-corrected chi connectivity index (χ3v) is 8.26. The molecule has 0 N–H and O–H groups in total. The van der Waals surface area contributed by atoms with Crippen molar-refractivity contribution < 1.29 is 4.74 Å². The smallest absolute Gasteiger partial charge is 0.141 e. The normalized spacial score (nSPS) is 16.8. The molecule has 33 heavy (non-hydrogen) atoms. The largest absolute Gasteiger partial charge is 0.379 e. The van der Waals surface area contributed by atoms with E-state index in [4.69, 9.17) is 14.7 Å². The first-order chi connectivity index (χ1) is 16.4. The molecule has 1 aliphatic carbocycles. The minimum absolute atomic E-state index is 0.832. The molecule has 0 spiro atoms. The highest BCUT2D eigenvalue weighted by Crippen LogP contribution is 2.39. The maximum Gasteiger partial charge on any atom is 0.141 e. The van der Waals surface area contributed by atoms with E-state index in [-0.39, 0.29) is 0 Å². The molecule has 1 fully saturated rings. The van der Waals surface area contributed by atoms with E-state index in [0.29, 0.717) is 0 Å². The predicted molar refractivity (Wildman–Crippen MR) is 136 cm³/mol. The lowest BCUT2D eigenvalue weighted by atomic mass is 9.96. The van der Waals surface area contributed by atoms with Crippen molar-refractivity contribution in [1.29, 1.82) is 0 Å². The Morgan fingerprint density at radius 1 is 0.970 bits per heavy atom. The van der Waals surface area contributed by atoms with Gasteiger partial charge in [0.05, 0.1) is 18.6 Å². The predicted octanol–water partition coefficient (Wildman–Crippen LogP) is 5.06. The second kappa shape index (κ2) is 9.37. The van der Waals surface area contributed by atoms with Crippen LogP contribution in [-0.2, 0) is 24.1 Å². The van der Waals surface area contributed by atoms with E-state index in [1.54, 1.807) is 6.33 Å². The molecule has 6 rings (SSSR count). The number of nitrogens with zero attached hydrogens (tertiary/aromatic N) is 4. The molecular formula is C27H30N4OS. The Kier molecular flexibility index (Phi) is 5.97. The monoisotopic (exact) mass is 458 g/mol. The zero-order chi connectivity index (χ0) is 22.0. The highest BCUT2D eigenvalue weighted by Gasteiger charge is 2.23. The van der Waals surface area contributed by atoms with E-state index in [2.05, 4.69) is 52.3 Å². The average molecular weight is 459 g/mol. The van der Waals surface area contributed by atoms with Gasteiger partial charge < -0.3 is 9.64 Å². The first kappa shape index (κ1) is 21.0. The van der Waals surface area contributed by atoms with E-state index in [9.17, 15) is 0 Å². The summed E-state index contributed by atoms with van der Waals surface area (Å²) in [4.78, 5) is 17.3. The molecule has 6 heteroatoms. The molecule has 2 aliphatic rings. The summed E-state index contributed by atoms with van der Waals surface area (Å²) in [5.74, 6) is 1.11. The Balaban J connectivity index is 1.40. The fraction of sp³-hybridized carbons (Fsp3) is 0.407. The number of fused-ring (bicyclic) bond motifs is 4. The number of ether oxygens (including phenoxy) is 1. The van der Waals surface area contributed by atoms with E-state index < -0.39 is 0 Å². The molecule has 170 valence electrons. The molecule has 2 aromatic heterocycles. The van der Waals surface area contributed by atoms with Gasteiger partial charge in [-0.25, -0.2) is 9.97 Å². The standard InChI is InChI=1S/C27H30N4OS/c1-2-9-22-20(6-1)7-5-8-21(22)18-31(13-12-30-14-16-32-17-15-30)26-25-23-10-3-4-11-24(23)33-27(25)29-19-28-26/h1-2,5-9,19H,3-4,10-18H2. The van der Waals surface area contributed by atoms with Crippen LogP contribution in [0.1, 0.15) is 28.8 Å². The van der Waals surface area contributed by atoms with Crippen LogP contribution in [0.3, 0.4) is 0 Å². The van der Waals surface area contributed by atoms with Crippen molar-refractivity contribution in [2.24, 2.45) is 0 Å². The lowest BCUT2D eigenvalue weighted by molar-refractivity contribution is 0.0391. The number of aryl methyl sites for hydroxylation is 2. The van der Waals surface area contributed by atoms with Crippen molar-refractivity contribution >= 4 is 38.1 Å². The quantitative estimate of drug-likeness (QED) is 0.404. The minimum atomic E-state index is 0.832. The van der Waals surface area contributed by atoms with Crippen molar-refractivity contribution in [2.75, 3.05) is 44.3 Å². The van der Waals surface area contributed by atoms with E-state index in [1.165, 1.54) is 51.4 Å². The lowest BCUT2D eigenvalue weighted by Crippen LogP contribution is -2.41. The van der Waals surface area contributed by atoms with Gasteiger partial charge in [0, 0.05) is 37.6 Å². The van der Waals surface area contributed by atoms with Crippen LogP contribution in [0.5, 0.6) is 0 Å². The number of benzene rings is 2. The Bertz CT molecular complexity index is 1260. The van der Waals surface area contributed by atoms with Crippen LogP contribution in [0, 0.1) is 0 Å². The summed E-state index contributed by atoms with van der Waals surface area (Å²) in [7, 11) is 0. The van der Waals surface area contributed by atoms with Crippen LogP contribution in [0.25, 0.3) is 21.0 Å². The average Bonchev–Trinajstić information content (AvgIpc) is 3.26. The molecule has 0 amide bonds. The Hall–Kier alpha value is -2.54. The van der Waals surface area contributed by atoms with Gasteiger partial charge in [0.1, 0.15) is 17.0 Å². The number of thiophene rings is 1. The SMILES string of the molecule is c1ccc2c(CN(CCN3CCOCC3)c3ncnc4sc5c(c34)CCCC5)cccc2c1. The maximum atomic E-state index is 5.57. The molecule has 0 radical (unpaired) electrons. The number of aromatic nitrogens is 2. The van der Waals surface area contributed by atoms with Crippen molar-refractivity contribution in [1.82, 2.24) is 14.9 Å². The van der Waals surface area contributed by atoms with Gasteiger partial charge in [-0.15, -0.1) is 11.3 Å². The molecule has 0 unspecified atom stereocenters. The molecular weight excluding hydrogens is 428 g/mol. The summed E-state index contributed by atoms with van der Waals surface area (Å²) in [5, 5.41) is 3.93. The summed E-state index contributed by atoms with van der Waals surface area (Å²) in [6.07, 6.45) is 6.67. The molecule has 1 saturated heterocycles. The summed E-state index contributed by atoms with van der Waals surface area (Å²) < 4.78 is 5.57. The van der Waals surface area contributed by atoms with Gasteiger partial charge in [-0.05, 0) is 47.6 Å². The Morgan fingerprint density at radius 3 is 2.76 bits per heavy atom. The Morgan fingerprint density at radius 2 is 1.82 bits per heavy atom. The molecule has 3 heterocycles. The fourth-order valence-corrected chi connectivity index (χ4v) is 6.52. The van der Waals surface area contributed by atoms with Crippen LogP contribution in [-0.4, -0.2) is 54.3 Å². The van der Waals surface area contributed by atoms with Gasteiger partial charge in [-0.3, -0.25) is 4.90 Å². The number of morpholine rings is 1. The first-order valence-electron chi connectivity index (χ1n) is 12.1. The summed E-state index contributed by atoms with van der Waals surface area (Å²) in [6.45, 7) is 6.50. The Labute approximate surface area is 199 Å². The second-order valence-electron chi connectivity index (χ2n) is 9.10.